The number of carboxylic acids is 1. The van der Waals surface area contributed by atoms with Gasteiger partial charge in [0, 0.05) is 17.0 Å². The van der Waals surface area contributed by atoms with E-state index in [1.54, 1.807) is 11.0 Å². The molecule has 2 N–H and O–H groups in total. The van der Waals surface area contributed by atoms with Crippen LogP contribution in [0.5, 0.6) is 5.75 Å². The highest BCUT2D eigenvalue weighted by atomic mass is 32.1. The Morgan fingerprint density at radius 2 is 1.91 bits per heavy atom. The summed E-state index contributed by atoms with van der Waals surface area (Å²) in [6, 6.07) is 5.45. The summed E-state index contributed by atoms with van der Waals surface area (Å²) in [4.78, 5) is 39.5. The summed E-state index contributed by atoms with van der Waals surface area (Å²) in [6.45, 7) is 4.16. The monoisotopic (exact) mass is 484 g/mol. The van der Waals surface area contributed by atoms with Crippen LogP contribution in [-0.2, 0) is 16.0 Å². The number of nitrogens with one attached hydrogen (secondary N) is 1. The van der Waals surface area contributed by atoms with Crippen LogP contribution < -0.4 is 10.1 Å². The van der Waals surface area contributed by atoms with Crippen molar-refractivity contribution in [2.75, 3.05) is 18.4 Å². The highest BCUT2D eigenvalue weighted by Crippen LogP contribution is 2.32. The number of carbonyl (C=O) groups is 3. The molecular weight excluding hydrogens is 461 g/mol. The first-order valence-corrected chi connectivity index (χ1v) is 11.1. The van der Waals surface area contributed by atoms with Crippen molar-refractivity contribution in [3.63, 3.8) is 0 Å². The fraction of sp³-hybridized carbons (Fsp3) is 0.409. The highest BCUT2D eigenvalue weighted by Gasteiger charge is 2.36. The molecule has 3 rings (SSSR count). The fourth-order valence-corrected chi connectivity index (χ4v) is 4.77. The van der Waals surface area contributed by atoms with Crippen molar-refractivity contribution < 1.29 is 37.4 Å². The summed E-state index contributed by atoms with van der Waals surface area (Å²) in [5.74, 6) is -2.18. The minimum Gasteiger partial charge on any atom is -0.480 e. The normalized spacial score (nSPS) is 18.8. The number of likely N-dealkylation sites (tertiary alicyclic amines) is 1. The lowest BCUT2D eigenvalue weighted by atomic mass is 10.0. The smallest absolute Gasteiger partial charge is 0.480 e. The predicted molar refractivity (Wildman–Crippen MR) is 116 cm³/mol. The molecule has 1 amide bonds. The zero-order chi connectivity index (χ0) is 24.3. The number of hydrogen-bond acceptors (Lipinski definition) is 6. The molecule has 2 aromatic rings. The maximum Gasteiger partial charge on any atom is 0.573 e. The van der Waals surface area contributed by atoms with Gasteiger partial charge in [0.2, 0.25) is 5.91 Å². The van der Waals surface area contributed by atoms with Crippen LogP contribution >= 0.6 is 11.3 Å². The average Bonchev–Trinajstić information content (AvgIpc) is 3.29. The largest absolute Gasteiger partial charge is 0.573 e. The number of thiophene rings is 1. The Hall–Kier alpha value is -2.92. The van der Waals surface area contributed by atoms with E-state index in [1.807, 2.05) is 13.8 Å². The number of anilines is 1. The lowest BCUT2D eigenvalue weighted by molar-refractivity contribution is -0.274. The number of amides is 1. The summed E-state index contributed by atoms with van der Waals surface area (Å²) >= 11 is 1.23. The van der Waals surface area contributed by atoms with Gasteiger partial charge in [-0.2, -0.15) is 0 Å². The standard InChI is InChI=1S/C22H23F3N2O5S/c1-3-15-9-16(19(29)13-4-6-14(7-5-13)32-22(23,24)25)20(33-15)26-18(28)11-27-10-12(2)8-17(27)21(30)31/h4-7,9,12,17H,3,8,10-11H2,1-2H3,(H,26,28)(H,30,31). The van der Waals surface area contributed by atoms with E-state index in [1.165, 1.54) is 23.5 Å². The van der Waals surface area contributed by atoms with Crippen molar-refractivity contribution in [1.29, 1.82) is 0 Å². The number of halogens is 3. The lowest BCUT2D eigenvalue weighted by Crippen LogP contribution is -2.41. The van der Waals surface area contributed by atoms with Crippen LogP contribution in [-0.4, -0.2) is 53.2 Å². The Morgan fingerprint density at radius 3 is 2.48 bits per heavy atom. The molecule has 1 saturated heterocycles. The molecule has 11 heteroatoms. The molecule has 0 aliphatic carbocycles. The third-order valence-corrected chi connectivity index (χ3v) is 6.42. The van der Waals surface area contributed by atoms with E-state index in [4.69, 9.17) is 0 Å². The summed E-state index contributed by atoms with van der Waals surface area (Å²) in [5.41, 5.74) is 0.360. The number of aryl methyl sites for hydroxylation is 1. The third-order valence-electron chi connectivity index (χ3n) is 5.22. The van der Waals surface area contributed by atoms with E-state index in [-0.39, 0.29) is 23.6 Å². The minimum atomic E-state index is -4.83. The molecule has 0 bridgehead atoms. The van der Waals surface area contributed by atoms with Gasteiger partial charge in [0.15, 0.2) is 5.78 Å². The maximum absolute atomic E-state index is 13.0. The number of benzene rings is 1. The molecule has 0 radical (unpaired) electrons. The van der Waals surface area contributed by atoms with Crippen molar-refractivity contribution >= 4 is 34.0 Å². The SMILES string of the molecule is CCc1cc(C(=O)c2ccc(OC(F)(F)F)cc2)c(NC(=O)CN2CC(C)CC2C(=O)O)s1. The Balaban J connectivity index is 1.75. The van der Waals surface area contributed by atoms with Gasteiger partial charge in [-0.15, -0.1) is 24.5 Å². The molecule has 2 unspecified atom stereocenters. The maximum atomic E-state index is 13.0. The van der Waals surface area contributed by atoms with Crippen LogP contribution in [0.4, 0.5) is 18.2 Å². The van der Waals surface area contributed by atoms with E-state index in [0.29, 0.717) is 24.4 Å². The zero-order valence-electron chi connectivity index (χ0n) is 17.9. The minimum absolute atomic E-state index is 0.127. The van der Waals surface area contributed by atoms with Crippen LogP contribution in [0, 0.1) is 5.92 Å². The predicted octanol–water partition coefficient (Wildman–Crippen LogP) is 4.17. The summed E-state index contributed by atoms with van der Waals surface area (Å²) < 4.78 is 40.9. The molecule has 1 aromatic heterocycles. The van der Waals surface area contributed by atoms with E-state index in [0.717, 1.165) is 17.0 Å². The Morgan fingerprint density at radius 1 is 1.24 bits per heavy atom. The molecule has 1 aliphatic heterocycles. The van der Waals surface area contributed by atoms with Gasteiger partial charge in [0.05, 0.1) is 12.1 Å². The second kappa shape index (κ2) is 9.92. The molecule has 0 spiro atoms. The van der Waals surface area contributed by atoms with Crippen LogP contribution in [0.25, 0.3) is 0 Å². The molecule has 2 heterocycles. The van der Waals surface area contributed by atoms with Gasteiger partial charge in [-0.3, -0.25) is 19.3 Å². The number of carboxylic acid groups (broad SMARTS) is 1. The van der Waals surface area contributed by atoms with Crippen molar-refractivity contribution in [3.05, 3.63) is 46.3 Å². The number of hydrogen-bond donors (Lipinski definition) is 2. The summed E-state index contributed by atoms with van der Waals surface area (Å²) in [5, 5.41) is 12.4. The van der Waals surface area contributed by atoms with Crippen LogP contribution in [0.15, 0.2) is 30.3 Å². The molecule has 33 heavy (non-hydrogen) atoms. The van der Waals surface area contributed by atoms with Crippen LogP contribution in [0.3, 0.4) is 0 Å². The number of rotatable bonds is 8. The zero-order valence-corrected chi connectivity index (χ0v) is 18.8. The summed E-state index contributed by atoms with van der Waals surface area (Å²) in [7, 11) is 0. The molecule has 0 saturated carbocycles. The van der Waals surface area contributed by atoms with Crippen molar-refractivity contribution in [1.82, 2.24) is 4.90 Å². The number of ether oxygens (including phenoxy) is 1. The lowest BCUT2D eigenvalue weighted by Gasteiger charge is -2.20. The summed E-state index contributed by atoms with van der Waals surface area (Å²) in [6.07, 6.45) is -3.76. The first-order valence-electron chi connectivity index (χ1n) is 10.3. The molecule has 7 nitrogen and oxygen atoms in total. The van der Waals surface area contributed by atoms with Gasteiger partial charge < -0.3 is 15.2 Å². The average molecular weight is 484 g/mol. The van der Waals surface area contributed by atoms with Gasteiger partial charge in [-0.05, 0) is 49.1 Å². The topological polar surface area (TPSA) is 95.9 Å². The number of nitrogens with zero attached hydrogens (tertiary/aromatic N) is 1. The third kappa shape index (κ3) is 6.32. The van der Waals surface area contributed by atoms with E-state index < -0.39 is 35.8 Å². The van der Waals surface area contributed by atoms with Gasteiger partial charge in [-0.1, -0.05) is 13.8 Å². The van der Waals surface area contributed by atoms with Gasteiger partial charge in [0.1, 0.15) is 16.8 Å². The first kappa shape index (κ1) is 24.7. The van der Waals surface area contributed by atoms with Crippen molar-refractivity contribution in [2.45, 2.75) is 39.1 Å². The van der Waals surface area contributed by atoms with Gasteiger partial charge in [-0.25, -0.2) is 0 Å². The first-order chi connectivity index (χ1) is 15.5. The number of aliphatic carboxylic acids is 1. The number of alkyl halides is 3. The molecule has 1 aromatic carbocycles. The van der Waals surface area contributed by atoms with Crippen molar-refractivity contribution in [3.8, 4) is 5.75 Å². The molecule has 1 fully saturated rings. The molecule has 1 aliphatic rings. The number of ketones is 1. The van der Waals surface area contributed by atoms with E-state index >= 15 is 0 Å². The van der Waals surface area contributed by atoms with E-state index in [2.05, 4.69) is 10.1 Å². The highest BCUT2D eigenvalue weighted by molar-refractivity contribution is 7.16. The van der Waals surface area contributed by atoms with Crippen molar-refractivity contribution in [2.24, 2.45) is 5.92 Å². The molecular formula is C22H23F3N2O5S. The van der Waals surface area contributed by atoms with Crippen LogP contribution in [0.1, 0.15) is 41.1 Å². The van der Waals surface area contributed by atoms with Gasteiger partial charge in [0.25, 0.3) is 0 Å². The van der Waals surface area contributed by atoms with Crippen LogP contribution in [0.2, 0.25) is 0 Å². The fourth-order valence-electron chi connectivity index (χ4n) is 3.76. The second-order valence-electron chi connectivity index (χ2n) is 7.88. The molecule has 2 atom stereocenters. The Bertz CT molecular complexity index is 1040. The Labute approximate surface area is 192 Å². The quantitative estimate of drug-likeness (QED) is 0.546. The Kier molecular flexibility index (Phi) is 7.43. The molecule has 178 valence electrons. The second-order valence-corrected chi connectivity index (χ2v) is 9.02. The van der Waals surface area contributed by atoms with Gasteiger partial charge >= 0.3 is 12.3 Å². The van der Waals surface area contributed by atoms with E-state index in [9.17, 15) is 32.7 Å². The number of carbonyl (C=O) groups excluding carboxylic acids is 2.